The summed E-state index contributed by atoms with van der Waals surface area (Å²) in [5.74, 6) is 4.30. The number of ether oxygens (including phenoxy) is 1. The van der Waals surface area contributed by atoms with Crippen molar-refractivity contribution in [2.24, 2.45) is 5.11 Å². The number of alkyl halides is 3. The Balaban J connectivity index is 3.09. The van der Waals surface area contributed by atoms with E-state index < -0.39 is 17.6 Å². The Bertz CT molecular complexity index is 538. The van der Waals surface area contributed by atoms with Gasteiger partial charge in [0, 0.05) is 16.7 Å². The van der Waals surface area contributed by atoms with Crippen LogP contribution in [0.4, 0.5) is 13.2 Å². The molecule has 0 atom stereocenters. The molecule has 94 valence electrons. The second-order valence-electron chi connectivity index (χ2n) is 2.97. The molecule has 0 amide bonds. The maximum Gasteiger partial charge on any atom is 0.421 e. The summed E-state index contributed by atoms with van der Waals surface area (Å²) in [5, 5.41) is 3.13. The highest BCUT2D eigenvalue weighted by molar-refractivity contribution is 5.40. The standard InChI is InChI=1S/C10H7F3N4O/c1-18-9-8(10(11,12)13)5-7(6-15-9)3-2-4-16-17-14/h5-6H,4H2,1H3. The molecule has 1 aromatic heterocycles. The summed E-state index contributed by atoms with van der Waals surface area (Å²) in [5.41, 5.74) is 7.06. The van der Waals surface area contributed by atoms with Crippen molar-refractivity contribution >= 4 is 0 Å². The van der Waals surface area contributed by atoms with Crippen LogP contribution in [-0.2, 0) is 6.18 Å². The zero-order chi connectivity index (χ0) is 13.6. The molecular formula is C10H7F3N4O. The second kappa shape index (κ2) is 5.80. The van der Waals surface area contributed by atoms with Gasteiger partial charge in [0.05, 0.1) is 13.7 Å². The van der Waals surface area contributed by atoms with E-state index in [0.29, 0.717) is 0 Å². The number of pyridine rings is 1. The van der Waals surface area contributed by atoms with E-state index in [9.17, 15) is 13.2 Å². The van der Waals surface area contributed by atoms with Gasteiger partial charge in [0.15, 0.2) is 0 Å². The van der Waals surface area contributed by atoms with Crippen LogP contribution in [0.1, 0.15) is 11.1 Å². The zero-order valence-electron chi connectivity index (χ0n) is 9.19. The van der Waals surface area contributed by atoms with E-state index in [1.54, 1.807) is 0 Å². The van der Waals surface area contributed by atoms with Gasteiger partial charge in [-0.3, -0.25) is 0 Å². The Morgan fingerprint density at radius 3 is 2.83 bits per heavy atom. The Morgan fingerprint density at radius 1 is 1.56 bits per heavy atom. The van der Waals surface area contributed by atoms with E-state index in [4.69, 9.17) is 5.53 Å². The van der Waals surface area contributed by atoms with E-state index >= 15 is 0 Å². The fourth-order valence-corrected chi connectivity index (χ4v) is 1.09. The van der Waals surface area contributed by atoms with Gasteiger partial charge in [-0.05, 0) is 11.6 Å². The summed E-state index contributed by atoms with van der Waals surface area (Å²) in [6, 6.07) is 0.828. The quantitative estimate of drug-likeness (QED) is 0.353. The molecular weight excluding hydrogens is 249 g/mol. The Kier molecular flexibility index (Phi) is 4.40. The summed E-state index contributed by atoms with van der Waals surface area (Å²) in [7, 11) is 1.10. The van der Waals surface area contributed by atoms with Crippen LogP contribution in [0.5, 0.6) is 5.88 Å². The van der Waals surface area contributed by atoms with E-state index in [1.807, 2.05) is 0 Å². The number of rotatable bonds is 2. The Hall–Kier alpha value is -2.39. The molecule has 0 saturated heterocycles. The fourth-order valence-electron chi connectivity index (χ4n) is 1.09. The highest BCUT2D eigenvalue weighted by Crippen LogP contribution is 2.35. The van der Waals surface area contributed by atoms with Gasteiger partial charge in [0.2, 0.25) is 5.88 Å². The van der Waals surface area contributed by atoms with Crippen molar-refractivity contribution in [3.05, 3.63) is 33.8 Å². The molecule has 1 aromatic rings. The molecule has 0 saturated carbocycles. The normalized spacial score (nSPS) is 10.0. The van der Waals surface area contributed by atoms with Crippen molar-refractivity contribution in [1.82, 2.24) is 4.98 Å². The Morgan fingerprint density at radius 2 is 2.28 bits per heavy atom. The van der Waals surface area contributed by atoms with Crippen LogP contribution in [0.2, 0.25) is 0 Å². The molecule has 0 N–H and O–H groups in total. The average molecular weight is 256 g/mol. The largest absolute Gasteiger partial charge is 0.481 e. The van der Waals surface area contributed by atoms with Crippen molar-refractivity contribution in [2.45, 2.75) is 6.18 Å². The van der Waals surface area contributed by atoms with Crippen LogP contribution in [-0.4, -0.2) is 18.6 Å². The van der Waals surface area contributed by atoms with Crippen molar-refractivity contribution in [3.8, 4) is 17.7 Å². The summed E-state index contributed by atoms with van der Waals surface area (Å²) in [6.07, 6.45) is -3.42. The molecule has 5 nitrogen and oxygen atoms in total. The second-order valence-corrected chi connectivity index (χ2v) is 2.97. The van der Waals surface area contributed by atoms with Crippen molar-refractivity contribution in [3.63, 3.8) is 0 Å². The first kappa shape index (κ1) is 13.7. The molecule has 0 radical (unpaired) electrons. The van der Waals surface area contributed by atoms with Gasteiger partial charge < -0.3 is 4.74 Å². The predicted molar refractivity (Wildman–Crippen MR) is 56.7 cm³/mol. The Labute approximate surface area is 100 Å². The first-order valence-electron chi connectivity index (χ1n) is 4.60. The highest BCUT2D eigenvalue weighted by atomic mass is 19.4. The topological polar surface area (TPSA) is 70.9 Å². The van der Waals surface area contributed by atoms with Gasteiger partial charge >= 0.3 is 6.18 Å². The van der Waals surface area contributed by atoms with Crippen LogP contribution in [0, 0.1) is 11.8 Å². The lowest BCUT2D eigenvalue weighted by Gasteiger charge is -2.10. The van der Waals surface area contributed by atoms with Crippen LogP contribution in [0.3, 0.4) is 0 Å². The molecule has 8 heteroatoms. The number of aromatic nitrogens is 1. The monoisotopic (exact) mass is 256 g/mol. The molecule has 18 heavy (non-hydrogen) atoms. The molecule has 1 rings (SSSR count). The third-order valence-corrected chi connectivity index (χ3v) is 1.80. The summed E-state index contributed by atoms with van der Waals surface area (Å²) < 4.78 is 42.4. The molecule has 0 aromatic carbocycles. The SMILES string of the molecule is COc1ncc(C#CCN=[N+]=[N-])cc1C(F)(F)F. The lowest BCUT2D eigenvalue weighted by Crippen LogP contribution is -2.09. The minimum absolute atomic E-state index is 0.0660. The molecule has 0 aliphatic carbocycles. The lowest BCUT2D eigenvalue weighted by molar-refractivity contribution is -0.139. The average Bonchev–Trinajstić information content (AvgIpc) is 2.33. The molecule has 0 unspecified atom stereocenters. The van der Waals surface area contributed by atoms with E-state index in [1.165, 1.54) is 0 Å². The summed E-state index contributed by atoms with van der Waals surface area (Å²) in [4.78, 5) is 5.97. The maximum atomic E-state index is 12.6. The number of azide groups is 1. The predicted octanol–water partition coefficient (Wildman–Crippen LogP) is 2.77. The fraction of sp³-hybridized carbons (Fsp3) is 0.300. The number of halogens is 3. The summed E-state index contributed by atoms with van der Waals surface area (Å²) >= 11 is 0. The number of nitrogens with zero attached hydrogens (tertiary/aromatic N) is 4. The molecule has 0 bridgehead atoms. The lowest BCUT2D eigenvalue weighted by atomic mass is 10.2. The van der Waals surface area contributed by atoms with Gasteiger partial charge in [0.25, 0.3) is 0 Å². The summed E-state index contributed by atoms with van der Waals surface area (Å²) in [6.45, 7) is -0.121. The molecule has 0 fully saturated rings. The molecule has 0 aliphatic heterocycles. The highest BCUT2D eigenvalue weighted by Gasteiger charge is 2.35. The van der Waals surface area contributed by atoms with Crippen LogP contribution in [0.25, 0.3) is 10.4 Å². The molecule has 0 spiro atoms. The third-order valence-electron chi connectivity index (χ3n) is 1.80. The van der Waals surface area contributed by atoms with E-state index in [0.717, 1.165) is 19.4 Å². The van der Waals surface area contributed by atoms with Crippen molar-refractivity contribution in [1.29, 1.82) is 0 Å². The molecule has 1 heterocycles. The van der Waals surface area contributed by atoms with Gasteiger partial charge in [-0.2, -0.15) is 13.2 Å². The van der Waals surface area contributed by atoms with Gasteiger partial charge in [0.1, 0.15) is 5.56 Å². The first-order valence-corrected chi connectivity index (χ1v) is 4.60. The zero-order valence-corrected chi connectivity index (χ0v) is 9.19. The third kappa shape index (κ3) is 3.57. The number of hydrogen-bond acceptors (Lipinski definition) is 3. The number of methoxy groups -OCH3 is 1. The van der Waals surface area contributed by atoms with Crippen molar-refractivity contribution < 1.29 is 17.9 Å². The maximum absolute atomic E-state index is 12.6. The minimum Gasteiger partial charge on any atom is -0.481 e. The van der Waals surface area contributed by atoms with Crippen LogP contribution < -0.4 is 4.74 Å². The minimum atomic E-state index is -4.57. The number of hydrogen-bond donors (Lipinski definition) is 0. The van der Waals surface area contributed by atoms with E-state index in [-0.39, 0.29) is 12.1 Å². The molecule has 0 aliphatic rings. The van der Waals surface area contributed by atoms with Crippen molar-refractivity contribution in [2.75, 3.05) is 13.7 Å². The van der Waals surface area contributed by atoms with Crippen LogP contribution >= 0.6 is 0 Å². The van der Waals surface area contributed by atoms with Gasteiger partial charge in [-0.1, -0.05) is 17.0 Å². The van der Waals surface area contributed by atoms with Gasteiger partial charge in [-0.25, -0.2) is 4.98 Å². The van der Waals surface area contributed by atoms with E-state index in [2.05, 4.69) is 31.6 Å². The van der Waals surface area contributed by atoms with Crippen LogP contribution in [0.15, 0.2) is 17.4 Å². The first-order chi connectivity index (χ1) is 8.49. The van der Waals surface area contributed by atoms with Gasteiger partial charge in [-0.15, -0.1) is 0 Å². The smallest absolute Gasteiger partial charge is 0.421 e.